The van der Waals surface area contributed by atoms with Crippen LogP contribution < -0.4 is 5.32 Å². The summed E-state index contributed by atoms with van der Waals surface area (Å²) in [5.41, 5.74) is 1.19. The molecule has 0 aliphatic carbocycles. The number of rotatable bonds is 3. The first-order chi connectivity index (χ1) is 5.72. The highest BCUT2D eigenvalue weighted by Gasteiger charge is 1.97. The Morgan fingerprint density at radius 2 is 1.92 bits per heavy atom. The Balaban J connectivity index is 2.58. The molecule has 0 saturated heterocycles. The Morgan fingerprint density at radius 1 is 1.33 bits per heavy atom. The van der Waals surface area contributed by atoms with Gasteiger partial charge in [0, 0.05) is 16.2 Å². The van der Waals surface area contributed by atoms with Gasteiger partial charge in [-0.15, -0.1) is 0 Å². The van der Waals surface area contributed by atoms with Crippen molar-refractivity contribution < 1.29 is 0 Å². The first kappa shape index (κ1) is 9.59. The molecule has 12 heavy (non-hydrogen) atoms. The van der Waals surface area contributed by atoms with E-state index >= 15 is 0 Å². The smallest absolute Gasteiger partial charge is 0.0342 e. The minimum absolute atomic E-state index is 0.547. The van der Waals surface area contributed by atoms with Gasteiger partial charge < -0.3 is 5.32 Å². The van der Waals surface area contributed by atoms with E-state index in [1.165, 1.54) is 5.69 Å². The Hall–Kier alpha value is -0.500. The van der Waals surface area contributed by atoms with E-state index in [0.29, 0.717) is 6.04 Å². The molecule has 0 radical (unpaired) electrons. The highest BCUT2D eigenvalue weighted by molar-refractivity contribution is 9.10. The fraction of sp³-hybridized carbons (Fsp3) is 0.400. The summed E-state index contributed by atoms with van der Waals surface area (Å²) in [4.78, 5) is 0. The largest absolute Gasteiger partial charge is 0.383 e. The van der Waals surface area contributed by atoms with Gasteiger partial charge in [-0.05, 0) is 37.6 Å². The van der Waals surface area contributed by atoms with E-state index in [-0.39, 0.29) is 0 Å². The molecule has 0 bridgehead atoms. The van der Waals surface area contributed by atoms with Crippen LogP contribution in [0.5, 0.6) is 0 Å². The quantitative estimate of drug-likeness (QED) is 0.832. The van der Waals surface area contributed by atoms with Crippen LogP contribution in [0.3, 0.4) is 0 Å². The van der Waals surface area contributed by atoms with Gasteiger partial charge in [0.15, 0.2) is 0 Å². The number of hydrogen-bond acceptors (Lipinski definition) is 1. The Kier molecular flexibility index (Phi) is 3.60. The summed E-state index contributed by atoms with van der Waals surface area (Å²) >= 11 is 3.40. The molecule has 2 heteroatoms. The lowest BCUT2D eigenvalue weighted by Gasteiger charge is -2.12. The van der Waals surface area contributed by atoms with E-state index < -0.39 is 0 Å². The molecule has 1 aromatic rings. The highest BCUT2D eigenvalue weighted by atomic mass is 79.9. The van der Waals surface area contributed by atoms with Crippen molar-refractivity contribution in [3.63, 3.8) is 0 Å². The van der Waals surface area contributed by atoms with Crippen molar-refractivity contribution in [2.75, 3.05) is 5.32 Å². The van der Waals surface area contributed by atoms with Gasteiger partial charge in [-0.1, -0.05) is 22.9 Å². The minimum atomic E-state index is 0.547. The molecule has 0 amide bonds. The molecule has 0 aliphatic heterocycles. The molecule has 66 valence electrons. The van der Waals surface area contributed by atoms with E-state index in [0.717, 1.165) is 10.9 Å². The van der Waals surface area contributed by atoms with Gasteiger partial charge >= 0.3 is 0 Å². The molecule has 1 rings (SSSR count). The predicted molar refractivity (Wildman–Crippen MR) is 57.5 cm³/mol. The lowest BCUT2D eigenvalue weighted by atomic mass is 10.2. The van der Waals surface area contributed by atoms with Crippen molar-refractivity contribution in [3.8, 4) is 0 Å². The van der Waals surface area contributed by atoms with Crippen LogP contribution in [0.2, 0.25) is 0 Å². The van der Waals surface area contributed by atoms with E-state index in [2.05, 4.69) is 47.2 Å². The van der Waals surface area contributed by atoms with Crippen LogP contribution in [0.4, 0.5) is 5.69 Å². The van der Waals surface area contributed by atoms with E-state index in [1.54, 1.807) is 0 Å². The third-order valence-corrected chi connectivity index (χ3v) is 2.40. The number of benzene rings is 1. The second kappa shape index (κ2) is 4.51. The Bertz CT molecular complexity index is 230. The summed E-state index contributed by atoms with van der Waals surface area (Å²) in [6.45, 7) is 4.36. The summed E-state index contributed by atoms with van der Waals surface area (Å²) in [6, 6.07) is 8.80. The zero-order valence-electron chi connectivity index (χ0n) is 7.47. The Morgan fingerprint density at radius 3 is 2.42 bits per heavy atom. The van der Waals surface area contributed by atoms with Crippen molar-refractivity contribution in [1.29, 1.82) is 0 Å². The van der Waals surface area contributed by atoms with E-state index in [9.17, 15) is 0 Å². The summed E-state index contributed by atoms with van der Waals surface area (Å²) in [7, 11) is 0. The Labute approximate surface area is 82.3 Å². The average Bonchev–Trinajstić information content (AvgIpc) is 2.09. The first-order valence-electron chi connectivity index (χ1n) is 4.24. The van der Waals surface area contributed by atoms with Crippen LogP contribution in [-0.4, -0.2) is 6.04 Å². The van der Waals surface area contributed by atoms with Crippen molar-refractivity contribution in [2.24, 2.45) is 0 Å². The average molecular weight is 228 g/mol. The third-order valence-electron chi connectivity index (χ3n) is 1.87. The zero-order chi connectivity index (χ0) is 8.97. The van der Waals surface area contributed by atoms with Crippen LogP contribution in [0.25, 0.3) is 0 Å². The number of hydrogen-bond donors (Lipinski definition) is 1. The van der Waals surface area contributed by atoms with Gasteiger partial charge in [0.05, 0.1) is 0 Å². The maximum absolute atomic E-state index is 3.40. The van der Waals surface area contributed by atoms with Crippen molar-refractivity contribution in [2.45, 2.75) is 26.3 Å². The molecule has 0 spiro atoms. The fourth-order valence-electron chi connectivity index (χ4n) is 0.933. The number of nitrogens with one attached hydrogen (secondary N) is 1. The molecule has 0 unspecified atom stereocenters. The second-order valence-corrected chi connectivity index (χ2v) is 3.88. The zero-order valence-corrected chi connectivity index (χ0v) is 9.06. The molecule has 0 aromatic heterocycles. The monoisotopic (exact) mass is 227 g/mol. The summed E-state index contributed by atoms with van der Waals surface area (Å²) in [6.07, 6.45) is 1.15. The molecule has 0 fully saturated rings. The molecular formula is C10H14BrN. The van der Waals surface area contributed by atoms with E-state index in [1.807, 2.05) is 12.1 Å². The maximum atomic E-state index is 3.40. The second-order valence-electron chi connectivity index (χ2n) is 2.96. The van der Waals surface area contributed by atoms with Gasteiger partial charge in [0.25, 0.3) is 0 Å². The van der Waals surface area contributed by atoms with Gasteiger partial charge in [-0.25, -0.2) is 0 Å². The van der Waals surface area contributed by atoms with Crippen molar-refractivity contribution in [3.05, 3.63) is 28.7 Å². The fourth-order valence-corrected chi connectivity index (χ4v) is 1.20. The topological polar surface area (TPSA) is 12.0 Å². The predicted octanol–water partition coefficient (Wildman–Crippen LogP) is 3.66. The van der Waals surface area contributed by atoms with Gasteiger partial charge in [0.2, 0.25) is 0 Å². The summed E-state index contributed by atoms with van der Waals surface area (Å²) in [5.74, 6) is 0. The lowest BCUT2D eigenvalue weighted by molar-refractivity contribution is 0.764. The first-order valence-corrected chi connectivity index (χ1v) is 5.03. The summed E-state index contributed by atoms with van der Waals surface area (Å²) in [5, 5.41) is 3.40. The SMILES string of the molecule is CC[C@@H](C)Nc1ccc(Br)cc1. The standard InChI is InChI=1S/C10H14BrN/c1-3-8(2)12-10-6-4-9(11)5-7-10/h4-8,12H,3H2,1-2H3/t8-/m1/s1. The summed E-state index contributed by atoms with van der Waals surface area (Å²) < 4.78 is 1.12. The molecule has 0 saturated carbocycles. The third kappa shape index (κ3) is 2.86. The molecule has 1 aromatic carbocycles. The normalized spacial score (nSPS) is 12.6. The van der Waals surface area contributed by atoms with Crippen molar-refractivity contribution in [1.82, 2.24) is 0 Å². The number of halogens is 1. The van der Waals surface area contributed by atoms with Crippen LogP contribution in [0.15, 0.2) is 28.7 Å². The lowest BCUT2D eigenvalue weighted by Crippen LogP contribution is -2.12. The van der Waals surface area contributed by atoms with E-state index in [4.69, 9.17) is 0 Å². The van der Waals surface area contributed by atoms with Crippen LogP contribution in [0.1, 0.15) is 20.3 Å². The molecule has 1 nitrogen and oxygen atoms in total. The van der Waals surface area contributed by atoms with Crippen LogP contribution in [0, 0.1) is 0 Å². The molecule has 1 N–H and O–H groups in total. The highest BCUT2D eigenvalue weighted by Crippen LogP contribution is 2.15. The van der Waals surface area contributed by atoms with Crippen LogP contribution >= 0.6 is 15.9 Å². The molecular weight excluding hydrogens is 214 g/mol. The van der Waals surface area contributed by atoms with Crippen LogP contribution in [-0.2, 0) is 0 Å². The minimum Gasteiger partial charge on any atom is -0.383 e. The van der Waals surface area contributed by atoms with Gasteiger partial charge in [-0.2, -0.15) is 0 Å². The van der Waals surface area contributed by atoms with Crippen molar-refractivity contribution >= 4 is 21.6 Å². The molecule has 1 atom stereocenters. The molecule has 0 aliphatic rings. The molecule has 0 heterocycles. The number of anilines is 1. The van der Waals surface area contributed by atoms with Gasteiger partial charge in [0.1, 0.15) is 0 Å². The maximum Gasteiger partial charge on any atom is 0.0342 e. The van der Waals surface area contributed by atoms with Gasteiger partial charge in [-0.3, -0.25) is 0 Å².